The third-order valence-corrected chi connectivity index (χ3v) is 3.74. The molecule has 1 aliphatic heterocycles. The molecule has 0 aromatic heterocycles. The topological polar surface area (TPSA) is 29.5 Å². The number of benzene rings is 1. The first-order valence-corrected chi connectivity index (χ1v) is 7.45. The Labute approximate surface area is 125 Å². The van der Waals surface area contributed by atoms with Crippen LogP contribution in [0.3, 0.4) is 0 Å². The molecule has 0 bridgehead atoms. The van der Waals surface area contributed by atoms with E-state index in [-0.39, 0.29) is 12.0 Å². The predicted octanol–water partition coefficient (Wildman–Crippen LogP) is 3.65. The number of hydrogen-bond donors (Lipinski definition) is 0. The van der Waals surface area contributed by atoms with Crippen LogP contribution in [0.5, 0.6) is 0 Å². The van der Waals surface area contributed by atoms with Crippen molar-refractivity contribution in [2.75, 3.05) is 6.54 Å². The van der Waals surface area contributed by atoms with Crippen molar-refractivity contribution in [3.63, 3.8) is 0 Å². The van der Waals surface area contributed by atoms with Crippen molar-refractivity contribution in [3.8, 4) is 0 Å². The smallest absolute Gasteiger partial charge is 0.323 e. The Morgan fingerprint density at radius 2 is 2.10 bits per heavy atom. The molecule has 0 amide bonds. The van der Waals surface area contributed by atoms with Crippen LogP contribution >= 0.6 is 11.6 Å². The van der Waals surface area contributed by atoms with E-state index in [0.29, 0.717) is 6.54 Å². The minimum atomic E-state index is -0.435. The standard InChI is InChI=1S/C16H22ClNO2/c1-16(2,3)20-15(19)14-9-6-10-18(14)11-12-7-4-5-8-13(12)17/h4-5,7-8,14H,6,9-11H2,1-3H3/t14-/m1/s1. The van der Waals surface area contributed by atoms with Gasteiger partial charge in [0.2, 0.25) is 0 Å². The summed E-state index contributed by atoms with van der Waals surface area (Å²) in [6.45, 7) is 7.31. The Morgan fingerprint density at radius 3 is 2.75 bits per heavy atom. The van der Waals surface area contributed by atoms with Crippen LogP contribution < -0.4 is 0 Å². The van der Waals surface area contributed by atoms with Crippen LogP contribution in [0.1, 0.15) is 39.2 Å². The lowest BCUT2D eigenvalue weighted by Gasteiger charge is -2.27. The highest BCUT2D eigenvalue weighted by Gasteiger charge is 2.34. The fourth-order valence-corrected chi connectivity index (χ4v) is 2.69. The highest BCUT2D eigenvalue weighted by atomic mass is 35.5. The maximum atomic E-state index is 12.2. The van der Waals surface area contributed by atoms with Crippen LogP contribution in [0.15, 0.2) is 24.3 Å². The molecule has 1 saturated heterocycles. The Kier molecular flexibility index (Phi) is 4.71. The van der Waals surface area contributed by atoms with E-state index in [1.54, 1.807) is 0 Å². The number of halogens is 1. The zero-order valence-corrected chi connectivity index (χ0v) is 13.1. The lowest BCUT2D eigenvalue weighted by molar-refractivity contribution is -0.160. The second-order valence-electron chi connectivity index (χ2n) is 6.25. The second kappa shape index (κ2) is 6.15. The lowest BCUT2D eigenvalue weighted by atomic mass is 10.1. The lowest BCUT2D eigenvalue weighted by Crippen LogP contribution is -2.40. The normalized spacial score (nSPS) is 20.1. The van der Waals surface area contributed by atoms with Gasteiger partial charge in [-0.15, -0.1) is 0 Å². The molecule has 0 N–H and O–H groups in total. The fraction of sp³-hybridized carbons (Fsp3) is 0.562. The minimum Gasteiger partial charge on any atom is -0.459 e. The van der Waals surface area contributed by atoms with E-state index < -0.39 is 5.60 Å². The molecular formula is C16H22ClNO2. The predicted molar refractivity (Wildman–Crippen MR) is 80.7 cm³/mol. The molecular weight excluding hydrogens is 274 g/mol. The molecule has 4 heteroatoms. The first kappa shape index (κ1) is 15.3. The van der Waals surface area contributed by atoms with Crippen molar-refractivity contribution >= 4 is 17.6 Å². The number of carbonyl (C=O) groups is 1. The molecule has 1 aliphatic rings. The van der Waals surface area contributed by atoms with Gasteiger partial charge >= 0.3 is 5.97 Å². The van der Waals surface area contributed by atoms with Gasteiger partial charge in [-0.1, -0.05) is 29.8 Å². The zero-order chi connectivity index (χ0) is 14.8. The molecule has 1 aromatic rings. The van der Waals surface area contributed by atoms with E-state index >= 15 is 0 Å². The van der Waals surface area contributed by atoms with E-state index in [2.05, 4.69) is 4.90 Å². The van der Waals surface area contributed by atoms with Gasteiger partial charge in [-0.05, 0) is 51.8 Å². The van der Waals surface area contributed by atoms with Crippen LogP contribution in [0, 0.1) is 0 Å². The number of hydrogen-bond acceptors (Lipinski definition) is 3. The SMILES string of the molecule is CC(C)(C)OC(=O)[C@H]1CCCN1Cc1ccccc1Cl. The molecule has 3 nitrogen and oxygen atoms in total. The number of rotatable bonds is 3. The number of nitrogens with zero attached hydrogens (tertiary/aromatic N) is 1. The maximum absolute atomic E-state index is 12.2. The van der Waals surface area contributed by atoms with Crippen molar-refractivity contribution < 1.29 is 9.53 Å². The van der Waals surface area contributed by atoms with E-state index in [0.717, 1.165) is 30.0 Å². The highest BCUT2D eigenvalue weighted by Crippen LogP contribution is 2.25. The van der Waals surface area contributed by atoms with Gasteiger partial charge in [0.1, 0.15) is 11.6 Å². The van der Waals surface area contributed by atoms with Crippen LogP contribution in [0.2, 0.25) is 5.02 Å². The molecule has 2 rings (SSSR count). The molecule has 0 radical (unpaired) electrons. The molecule has 0 unspecified atom stereocenters. The maximum Gasteiger partial charge on any atom is 0.323 e. The van der Waals surface area contributed by atoms with E-state index in [4.69, 9.17) is 16.3 Å². The Balaban J connectivity index is 2.04. The van der Waals surface area contributed by atoms with E-state index in [9.17, 15) is 4.79 Å². The summed E-state index contributed by atoms with van der Waals surface area (Å²) >= 11 is 6.19. The van der Waals surface area contributed by atoms with Crippen molar-refractivity contribution in [3.05, 3.63) is 34.9 Å². The molecule has 0 saturated carbocycles. The average Bonchev–Trinajstić information content (AvgIpc) is 2.78. The summed E-state index contributed by atoms with van der Waals surface area (Å²) in [4.78, 5) is 14.4. The molecule has 1 aromatic carbocycles. The van der Waals surface area contributed by atoms with Crippen molar-refractivity contribution in [1.82, 2.24) is 4.90 Å². The third kappa shape index (κ3) is 3.97. The summed E-state index contributed by atoms with van der Waals surface area (Å²) < 4.78 is 5.51. The summed E-state index contributed by atoms with van der Waals surface area (Å²) in [5.74, 6) is -0.123. The number of esters is 1. The van der Waals surface area contributed by atoms with Crippen molar-refractivity contribution in [2.45, 2.75) is 51.8 Å². The molecule has 1 heterocycles. The van der Waals surface area contributed by atoms with E-state index in [1.165, 1.54) is 0 Å². The Bertz CT molecular complexity index is 482. The summed E-state index contributed by atoms with van der Waals surface area (Å²) in [7, 11) is 0. The first-order chi connectivity index (χ1) is 9.37. The van der Waals surface area contributed by atoms with Gasteiger partial charge in [0, 0.05) is 11.6 Å². The van der Waals surface area contributed by atoms with Crippen LogP contribution in [0.4, 0.5) is 0 Å². The van der Waals surface area contributed by atoms with Gasteiger partial charge in [0.05, 0.1) is 0 Å². The fourth-order valence-electron chi connectivity index (χ4n) is 2.50. The number of likely N-dealkylation sites (tertiary alicyclic amines) is 1. The van der Waals surface area contributed by atoms with Crippen LogP contribution in [-0.2, 0) is 16.1 Å². The summed E-state index contributed by atoms with van der Waals surface area (Å²) in [5.41, 5.74) is 0.625. The monoisotopic (exact) mass is 295 g/mol. The molecule has 0 aliphatic carbocycles. The van der Waals surface area contributed by atoms with Crippen LogP contribution in [-0.4, -0.2) is 29.1 Å². The summed E-state index contributed by atoms with van der Waals surface area (Å²) in [6, 6.07) is 7.63. The third-order valence-electron chi connectivity index (χ3n) is 3.37. The Hall–Kier alpha value is -1.06. The van der Waals surface area contributed by atoms with Gasteiger partial charge in [0.25, 0.3) is 0 Å². The van der Waals surface area contributed by atoms with Crippen molar-refractivity contribution in [2.24, 2.45) is 0 Å². The van der Waals surface area contributed by atoms with Gasteiger partial charge in [-0.2, -0.15) is 0 Å². The van der Waals surface area contributed by atoms with Crippen molar-refractivity contribution in [1.29, 1.82) is 0 Å². The molecule has 1 fully saturated rings. The first-order valence-electron chi connectivity index (χ1n) is 7.07. The highest BCUT2D eigenvalue weighted by molar-refractivity contribution is 6.31. The Morgan fingerprint density at radius 1 is 1.40 bits per heavy atom. The summed E-state index contributed by atoms with van der Waals surface area (Å²) in [5, 5.41) is 0.752. The minimum absolute atomic E-state index is 0.123. The molecule has 110 valence electrons. The molecule has 20 heavy (non-hydrogen) atoms. The molecule has 0 spiro atoms. The molecule has 1 atom stereocenters. The van der Waals surface area contributed by atoms with Gasteiger partial charge in [-0.3, -0.25) is 9.69 Å². The van der Waals surface area contributed by atoms with E-state index in [1.807, 2.05) is 45.0 Å². The number of carbonyl (C=O) groups excluding carboxylic acids is 1. The number of ether oxygens (including phenoxy) is 1. The second-order valence-corrected chi connectivity index (χ2v) is 6.66. The summed E-state index contributed by atoms with van der Waals surface area (Å²) in [6.07, 6.45) is 1.88. The van der Waals surface area contributed by atoms with Crippen LogP contribution in [0.25, 0.3) is 0 Å². The quantitative estimate of drug-likeness (QED) is 0.797. The zero-order valence-electron chi connectivity index (χ0n) is 12.4. The van der Waals surface area contributed by atoms with Gasteiger partial charge in [-0.25, -0.2) is 0 Å². The largest absolute Gasteiger partial charge is 0.459 e. The van der Waals surface area contributed by atoms with Gasteiger partial charge in [0.15, 0.2) is 0 Å². The van der Waals surface area contributed by atoms with Gasteiger partial charge < -0.3 is 4.74 Å². The average molecular weight is 296 g/mol.